The summed E-state index contributed by atoms with van der Waals surface area (Å²) in [7, 11) is 6.65. The van der Waals surface area contributed by atoms with Gasteiger partial charge in [0.05, 0.1) is 37.5 Å². The number of nitrogens with one attached hydrogen (secondary N) is 1. The van der Waals surface area contributed by atoms with Crippen molar-refractivity contribution in [3.05, 3.63) is 47.8 Å². The number of urea groups is 1. The Morgan fingerprint density at radius 3 is 2.42 bits per heavy atom. The quantitative estimate of drug-likeness (QED) is 0.543. The van der Waals surface area contributed by atoms with Crippen molar-refractivity contribution in [2.45, 2.75) is 20.0 Å². The van der Waals surface area contributed by atoms with Crippen LogP contribution in [0.15, 0.2) is 36.4 Å². The summed E-state index contributed by atoms with van der Waals surface area (Å²) in [5, 5.41) is 2.94. The van der Waals surface area contributed by atoms with Gasteiger partial charge in [-0.2, -0.15) is 0 Å². The Balaban J connectivity index is 1.41. The largest absolute Gasteiger partial charge is 0.497 e. The molecule has 1 saturated heterocycles. The molecule has 2 aromatic carbocycles. The van der Waals surface area contributed by atoms with Crippen LogP contribution in [0.2, 0.25) is 0 Å². The molecule has 0 unspecified atom stereocenters. The van der Waals surface area contributed by atoms with Crippen LogP contribution >= 0.6 is 0 Å². The zero-order valence-corrected chi connectivity index (χ0v) is 21.6. The SMILES string of the molecule is CCn1c(CN2CCN(C(=O)Nc3cc(OC)ccc3OC)CC2)nc2cc(C(=O)N(C)C)ccc21. The molecular weight excluding hydrogens is 460 g/mol. The van der Waals surface area contributed by atoms with Gasteiger partial charge in [-0.1, -0.05) is 0 Å². The third-order valence-electron chi connectivity index (χ3n) is 6.47. The molecule has 10 heteroatoms. The summed E-state index contributed by atoms with van der Waals surface area (Å²) < 4.78 is 12.8. The third-order valence-corrected chi connectivity index (χ3v) is 6.47. The van der Waals surface area contributed by atoms with Crippen LogP contribution in [0.25, 0.3) is 11.0 Å². The van der Waals surface area contributed by atoms with Gasteiger partial charge in [0, 0.05) is 58.4 Å². The number of rotatable bonds is 7. The van der Waals surface area contributed by atoms with Crippen LogP contribution in [0, 0.1) is 0 Å². The lowest BCUT2D eigenvalue weighted by atomic mass is 10.2. The molecule has 4 rings (SSSR count). The summed E-state index contributed by atoms with van der Waals surface area (Å²) >= 11 is 0. The summed E-state index contributed by atoms with van der Waals surface area (Å²) in [6.45, 7) is 6.24. The molecule has 1 aliphatic rings. The maximum absolute atomic E-state index is 12.9. The number of ether oxygens (including phenoxy) is 2. The molecule has 36 heavy (non-hydrogen) atoms. The van der Waals surface area contributed by atoms with Crippen LogP contribution in [0.1, 0.15) is 23.1 Å². The number of piperazine rings is 1. The maximum atomic E-state index is 12.9. The molecule has 10 nitrogen and oxygen atoms in total. The first kappa shape index (κ1) is 25.3. The summed E-state index contributed by atoms with van der Waals surface area (Å²) in [5.41, 5.74) is 3.05. The molecule has 0 radical (unpaired) electrons. The van der Waals surface area contributed by atoms with Crippen LogP contribution < -0.4 is 14.8 Å². The van der Waals surface area contributed by atoms with Gasteiger partial charge in [-0.05, 0) is 37.3 Å². The van der Waals surface area contributed by atoms with E-state index in [9.17, 15) is 9.59 Å². The fourth-order valence-electron chi connectivity index (χ4n) is 4.46. The fraction of sp³-hybridized carbons (Fsp3) is 0.423. The smallest absolute Gasteiger partial charge is 0.322 e. The molecule has 0 saturated carbocycles. The molecule has 3 aromatic rings. The molecule has 1 fully saturated rings. The number of aryl methyl sites for hydroxylation is 1. The predicted octanol–water partition coefficient (Wildman–Crippen LogP) is 3.12. The Hall–Kier alpha value is -3.79. The minimum absolute atomic E-state index is 0.0366. The Bertz CT molecular complexity index is 1250. The van der Waals surface area contributed by atoms with Gasteiger partial charge in [-0.25, -0.2) is 9.78 Å². The average molecular weight is 495 g/mol. The van der Waals surface area contributed by atoms with E-state index in [1.165, 1.54) is 0 Å². The second-order valence-corrected chi connectivity index (χ2v) is 8.93. The van der Waals surface area contributed by atoms with Crippen molar-refractivity contribution < 1.29 is 19.1 Å². The van der Waals surface area contributed by atoms with Crippen LogP contribution in [0.5, 0.6) is 11.5 Å². The number of aromatic nitrogens is 2. The van der Waals surface area contributed by atoms with Gasteiger partial charge < -0.3 is 29.2 Å². The number of methoxy groups -OCH3 is 2. The number of anilines is 1. The number of carbonyl (C=O) groups excluding carboxylic acids is 2. The number of fused-ring (bicyclic) bond motifs is 1. The van der Waals surface area contributed by atoms with E-state index in [0.29, 0.717) is 42.4 Å². The zero-order valence-electron chi connectivity index (χ0n) is 21.6. The number of imidazole rings is 1. The molecule has 192 valence electrons. The minimum Gasteiger partial charge on any atom is -0.497 e. The molecule has 0 atom stereocenters. The normalized spacial score (nSPS) is 14.1. The number of nitrogens with zero attached hydrogens (tertiary/aromatic N) is 5. The first-order chi connectivity index (χ1) is 17.3. The van der Waals surface area contributed by atoms with Crippen molar-refractivity contribution in [1.29, 1.82) is 0 Å². The molecule has 1 aromatic heterocycles. The highest BCUT2D eigenvalue weighted by molar-refractivity contribution is 5.97. The lowest BCUT2D eigenvalue weighted by Crippen LogP contribution is -2.49. The Morgan fingerprint density at radius 1 is 1.03 bits per heavy atom. The third kappa shape index (κ3) is 5.23. The monoisotopic (exact) mass is 494 g/mol. The van der Waals surface area contributed by atoms with E-state index in [4.69, 9.17) is 14.5 Å². The van der Waals surface area contributed by atoms with Gasteiger partial charge in [-0.3, -0.25) is 9.69 Å². The summed E-state index contributed by atoms with van der Waals surface area (Å²) in [6, 6.07) is 10.8. The van der Waals surface area contributed by atoms with Crippen LogP contribution in [-0.2, 0) is 13.1 Å². The number of hydrogen-bond acceptors (Lipinski definition) is 6. The van der Waals surface area contributed by atoms with Crippen molar-refractivity contribution >= 4 is 28.7 Å². The molecular formula is C26H34N6O4. The van der Waals surface area contributed by atoms with E-state index >= 15 is 0 Å². The summed E-state index contributed by atoms with van der Waals surface area (Å²) in [4.78, 5) is 35.8. The van der Waals surface area contributed by atoms with Gasteiger partial charge in [0.25, 0.3) is 5.91 Å². The molecule has 2 heterocycles. The lowest BCUT2D eigenvalue weighted by molar-refractivity contribution is 0.0827. The molecule has 0 spiro atoms. The van der Waals surface area contributed by atoms with Crippen LogP contribution in [-0.4, -0.2) is 90.7 Å². The first-order valence-corrected chi connectivity index (χ1v) is 12.1. The second kappa shape index (κ2) is 10.9. The van der Waals surface area contributed by atoms with Crippen molar-refractivity contribution in [2.24, 2.45) is 0 Å². The first-order valence-electron chi connectivity index (χ1n) is 12.1. The Kier molecular flexibility index (Phi) is 7.64. The van der Waals surface area contributed by atoms with E-state index in [1.54, 1.807) is 56.3 Å². The summed E-state index contributed by atoms with van der Waals surface area (Å²) in [6.07, 6.45) is 0. The summed E-state index contributed by atoms with van der Waals surface area (Å²) in [5.74, 6) is 2.15. The number of amides is 3. The average Bonchev–Trinajstić information content (AvgIpc) is 3.24. The van der Waals surface area contributed by atoms with Crippen molar-refractivity contribution in [1.82, 2.24) is 24.3 Å². The van der Waals surface area contributed by atoms with E-state index in [1.807, 2.05) is 18.2 Å². The highest BCUT2D eigenvalue weighted by atomic mass is 16.5. The maximum Gasteiger partial charge on any atom is 0.322 e. The molecule has 1 aliphatic heterocycles. The highest BCUT2D eigenvalue weighted by Gasteiger charge is 2.24. The fourth-order valence-corrected chi connectivity index (χ4v) is 4.46. The van der Waals surface area contributed by atoms with Crippen LogP contribution in [0.4, 0.5) is 10.5 Å². The highest BCUT2D eigenvalue weighted by Crippen LogP contribution is 2.29. The molecule has 3 amide bonds. The van der Waals surface area contributed by atoms with Gasteiger partial charge in [0.2, 0.25) is 0 Å². The van der Waals surface area contributed by atoms with Gasteiger partial charge >= 0.3 is 6.03 Å². The van der Waals surface area contributed by atoms with E-state index in [2.05, 4.69) is 21.7 Å². The number of carbonyl (C=O) groups is 2. The predicted molar refractivity (Wildman–Crippen MR) is 139 cm³/mol. The minimum atomic E-state index is -0.167. The molecule has 0 aliphatic carbocycles. The van der Waals surface area contributed by atoms with E-state index in [0.717, 1.165) is 36.5 Å². The van der Waals surface area contributed by atoms with Crippen LogP contribution in [0.3, 0.4) is 0 Å². The van der Waals surface area contributed by atoms with Gasteiger partial charge in [-0.15, -0.1) is 0 Å². The van der Waals surface area contributed by atoms with Crippen molar-refractivity contribution in [2.75, 3.05) is 59.8 Å². The topological polar surface area (TPSA) is 92.2 Å². The van der Waals surface area contributed by atoms with Gasteiger partial charge in [0.15, 0.2) is 0 Å². The van der Waals surface area contributed by atoms with E-state index < -0.39 is 0 Å². The number of benzene rings is 2. The zero-order chi connectivity index (χ0) is 25.8. The molecule has 0 bridgehead atoms. The van der Waals surface area contributed by atoms with E-state index in [-0.39, 0.29) is 11.9 Å². The standard InChI is InChI=1S/C26H34N6O4/c1-6-32-22-9-7-18(25(33)29(2)3)15-20(22)27-24(32)17-30-11-13-31(14-12-30)26(34)28-21-16-19(35-4)8-10-23(21)36-5/h7-10,15-16H,6,11-14,17H2,1-5H3,(H,28,34). The number of hydrogen-bond donors (Lipinski definition) is 1. The lowest BCUT2D eigenvalue weighted by Gasteiger charge is -2.34. The second-order valence-electron chi connectivity index (χ2n) is 8.93. The van der Waals surface area contributed by atoms with Crippen molar-refractivity contribution in [3.8, 4) is 11.5 Å². The Morgan fingerprint density at radius 2 is 1.78 bits per heavy atom. The van der Waals surface area contributed by atoms with Gasteiger partial charge in [0.1, 0.15) is 17.3 Å². The van der Waals surface area contributed by atoms with Crippen molar-refractivity contribution in [3.63, 3.8) is 0 Å². The molecule has 1 N–H and O–H groups in total. The Labute approximate surface area is 211 Å².